The summed E-state index contributed by atoms with van der Waals surface area (Å²) >= 11 is 0. The molecule has 0 aromatic heterocycles. The van der Waals surface area contributed by atoms with Crippen LogP contribution in [0.15, 0.2) is 48.5 Å². The van der Waals surface area contributed by atoms with E-state index in [1.54, 1.807) is 51.3 Å². The van der Waals surface area contributed by atoms with Crippen LogP contribution in [-0.4, -0.2) is 24.8 Å². The summed E-state index contributed by atoms with van der Waals surface area (Å²) in [5.41, 5.74) is 0.564. The number of para-hydroxylation sites is 1. The minimum Gasteiger partial charge on any atom is -0.496 e. The first-order valence-corrected chi connectivity index (χ1v) is 8.83. The highest BCUT2D eigenvalue weighted by Crippen LogP contribution is 2.22. The molecule has 0 bridgehead atoms. The summed E-state index contributed by atoms with van der Waals surface area (Å²) in [5, 5.41) is 8.15. The molecule has 0 unspecified atom stereocenters. The van der Waals surface area contributed by atoms with Gasteiger partial charge in [-0.15, -0.1) is 0 Å². The molecule has 2 rings (SSSR count). The number of rotatable bonds is 7. The second-order valence-corrected chi connectivity index (χ2v) is 6.84. The summed E-state index contributed by atoms with van der Waals surface area (Å²) in [4.78, 5) is 36.4. The van der Waals surface area contributed by atoms with E-state index in [0.29, 0.717) is 17.1 Å². The average molecular weight is 383 g/mol. The molecule has 2 aromatic rings. The van der Waals surface area contributed by atoms with Crippen molar-refractivity contribution >= 4 is 29.1 Å². The van der Waals surface area contributed by atoms with Crippen LogP contribution in [0.1, 0.15) is 26.3 Å². The first-order chi connectivity index (χ1) is 13.2. The van der Waals surface area contributed by atoms with E-state index >= 15 is 0 Å². The van der Waals surface area contributed by atoms with E-state index < -0.39 is 17.2 Å². The summed E-state index contributed by atoms with van der Waals surface area (Å²) in [5.74, 6) is -0.404. The van der Waals surface area contributed by atoms with Crippen molar-refractivity contribution in [2.75, 3.05) is 17.7 Å². The third-order valence-corrected chi connectivity index (χ3v) is 4.21. The van der Waals surface area contributed by atoms with Gasteiger partial charge in [0.05, 0.1) is 7.11 Å². The Morgan fingerprint density at radius 3 is 2.21 bits per heavy atom. The molecule has 0 aliphatic rings. The molecule has 7 nitrogen and oxygen atoms in total. The van der Waals surface area contributed by atoms with Crippen molar-refractivity contribution in [1.29, 1.82) is 0 Å². The van der Waals surface area contributed by atoms with E-state index in [1.807, 2.05) is 18.2 Å². The standard InChI is InChI=1S/C21H25N3O4/c1-14(25)23-16-9-7-10-17(12-16)24-20(27)21(2,3)19(26)22-13-15-8-5-6-11-18(15)28-4/h5-12H,13H2,1-4H3,(H,22,26)(H,23,25)(H,24,27). The molecule has 0 atom stereocenters. The Bertz CT molecular complexity index is 877. The van der Waals surface area contributed by atoms with Crippen molar-refractivity contribution in [2.24, 2.45) is 5.41 Å². The van der Waals surface area contributed by atoms with Gasteiger partial charge in [-0.3, -0.25) is 14.4 Å². The molecule has 7 heteroatoms. The molecule has 0 fully saturated rings. The monoisotopic (exact) mass is 383 g/mol. The van der Waals surface area contributed by atoms with Crippen molar-refractivity contribution < 1.29 is 19.1 Å². The Morgan fingerprint density at radius 2 is 1.57 bits per heavy atom. The molecule has 0 aliphatic carbocycles. The van der Waals surface area contributed by atoms with E-state index in [4.69, 9.17) is 4.74 Å². The Morgan fingerprint density at radius 1 is 0.929 bits per heavy atom. The van der Waals surface area contributed by atoms with Crippen molar-refractivity contribution in [1.82, 2.24) is 5.32 Å². The van der Waals surface area contributed by atoms with E-state index in [9.17, 15) is 14.4 Å². The highest BCUT2D eigenvalue weighted by atomic mass is 16.5. The van der Waals surface area contributed by atoms with Gasteiger partial charge in [-0.25, -0.2) is 0 Å². The fourth-order valence-corrected chi connectivity index (χ4v) is 2.51. The van der Waals surface area contributed by atoms with Crippen LogP contribution in [0.5, 0.6) is 5.75 Å². The molecule has 148 valence electrons. The van der Waals surface area contributed by atoms with Gasteiger partial charge in [0.25, 0.3) is 0 Å². The molecule has 28 heavy (non-hydrogen) atoms. The maximum Gasteiger partial charge on any atom is 0.239 e. The lowest BCUT2D eigenvalue weighted by molar-refractivity contribution is -0.138. The summed E-state index contributed by atoms with van der Waals surface area (Å²) in [6.07, 6.45) is 0. The first kappa shape index (κ1) is 21.0. The normalized spacial score (nSPS) is 10.7. The molecule has 2 aromatic carbocycles. The molecule has 0 saturated carbocycles. The third-order valence-electron chi connectivity index (χ3n) is 4.21. The summed E-state index contributed by atoms with van der Waals surface area (Å²) in [7, 11) is 1.56. The number of amides is 3. The zero-order chi connectivity index (χ0) is 20.7. The zero-order valence-electron chi connectivity index (χ0n) is 16.5. The molecule has 0 heterocycles. The molecule has 3 amide bonds. The molecular formula is C21H25N3O4. The number of benzene rings is 2. The maximum atomic E-state index is 12.7. The lowest BCUT2D eigenvalue weighted by Crippen LogP contribution is -2.44. The Balaban J connectivity index is 2.03. The molecule has 0 aliphatic heterocycles. The van der Waals surface area contributed by atoms with E-state index in [1.165, 1.54) is 6.92 Å². The van der Waals surface area contributed by atoms with Crippen molar-refractivity contribution in [3.63, 3.8) is 0 Å². The lowest BCUT2D eigenvalue weighted by Gasteiger charge is -2.23. The van der Waals surface area contributed by atoms with Crippen LogP contribution in [0.2, 0.25) is 0 Å². The van der Waals surface area contributed by atoms with Crippen LogP contribution >= 0.6 is 0 Å². The number of carbonyl (C=O) groups excluding carboxylic acids is 3. The number of carbonyl (C=O) groups is 3. The third kappa shape index (κ3) is 5.33. The van der Waals surface area contributed by atoms with Crippen LogP contribution in [0.4, 0.5) is 11.4 Å². The minimum absolute atomic E-state index is 0.209. The minimum atomic E-state index is -1.30. The van der Waals surface area contributed by atoms with Gasteiger partial charge in [-0.2, -0.15) is 0 Å². The second-order valence-electron chi connectivity index (χ2n) is 6.84. The van der Waals surface area contributed by atoms with E-state index in [-0.39, 0.29) is 12.5 Å². The molecule has 0 spiro atoms. The Kier molecular flexibility index (Phi) is 6.76. The number of hydrogen-bond donors (Lipinski definition) is 3. The van der Waals surface area contributed by atoms with Gasteiger partial charge in [0, 0.05) is 30.4 Å². The highest BCUT2D eigenvalue weighted by Gasteiger charge is 2.36. The van der Waals surface area contributed by atoms with Gasteiger partial charge >= 0.3 is 0 Å². The Labute approximate surface area is 164 Å². The van der Waals surface area contributed by atoms with Crippen molar-refractivity contribution in [3.05, 3.63) is 54.1 Å². The van der Waals surface area contributed by atoms with E-state index in [2.05, 4.69) is 16.0 Å². The van der Waals surface area contributed by atoms with Gasteiger partial charge in [-0.1, -0.05) is 24.3 Å². The zero-order valence-corrected chi connectivity index (χ0v) is 16.5. The van der Waals surface area contributed by atoms with Crippen LogP contribution in [-0.2, 0) is 20.9 Å². The molecule has 3 N–H and O–H groups in total. The van der Waals surface area contributed by atoms with Gasteiger partial charge in [-0.05, 0) is 38.1 Å². The lowest BCUT2D eigenvalue weighted by atomic mass is 9.90. The van der Waals surface area contributed by atoms with Crippen LogP contribution < -0.4 is 20.7 Å². The van der Waals surface area contributed by atoms with Gasteiger partial charge in [0.1, 0.15) is 11.2 Å². The molecular weight excluding hydrogens is 358 g/mol. The van der Waals surface area contributed by atoms with Crippen molar-refractivity contribution in [3.8, 4) is 5.75 Å². The van der Waals surface area contributed by atoms with Gasteiger partial charge < -0.3 is 20.7 Å². The van der Waals surface area contributed by atoms with E-state index in [0.717, 1.165) is 5.56 Å². The number of hydrogen-bond acceptors (Lipinski definition) is 4. The SMILES string of the molecule is COc1ccccc1CNC(=O)C(C)(C)C(=O)Nc1cccc(NC(C)=O)c1. The summed E-state index contributed by atoms with van der Waals surface area (Å²) < 4.78 is 5.27. The van der Waals surface area contributed by atoms with Crippen LogP contribution in [0.25, 0.3) is 0 Å². The van der Waals surface area contributed by atoms with Gasteiger partial charge in [0.15, 0.2) is 0 Å². The van der Waals surface area contributed by atoms with Gasteiger partial charge in [0.2, 0.25) is 17.7 Å². The number of methoxy groups -OCH3 is 1. The quantitative estimate of drug-likeness (QED) is 0.641. The molecule has 0 saturated heterocycles. The number of ether oxygens (including phenoxy) is 1. The summed E-state index contributed by atoms with van der Waals surface area (Å²) in [6.45, 7) is 4.76. The number of anilines is 2. The predicted octanol–water partition coefficient (Wildman–Crippen LogP) is 2.93. The van der Waals surface area contributed by atoms with Crippen molar-refractivity contribution in [2.45, 2.75) is 27.3 Å². The average Bonchev–Trinajstić information content (AvgIpc) is 2.65. The predicted molar refractivity (Wildman–Crippen MR) is 108 cm³/mol. The molecule has 0 radical (unpaired) electrons. The topological polar surface area (TPSA) is 96.5 Å². The largest absolute Gasteiger partial charge is 0.496 e. The number of nitrogens with one attached hydrogen (secondary N) is 3. The fourth-order valence-electron chi connectivity index (χ4n) is 2.51. The smallest absolute Gasteiger partial charge is 0.239 e. The Hall–Kier alpha value is -3.35. The maximum absolute atomic E-state index is 12.7. The first-order valence-electron chi connectivity index (χ1n) is 8.83. The second kappa shape index (κ2) is 9.03. The summed E-state index contributed by atoms with van der Waals surface area (Å²) in [6, 6.07) is 14.1. The highest BCUT2D eigenvalue weighted by molar-refractivity contribution is 6.10. The fraction of sp³-hybridized carbons (Fsp3) is 0.286. The van der Waals surface area contributed by atoms with Crippen LogP contribution in [0.3, 0.4) is 0 Å². The van der Waals surface area contributed by atoms with Crippen LogP contribution in [0, 0.1) is 5.41 Å².